The first-order valence-corrected chi connectivity index (χ1v) is 2.98. The molecule has 0 saturated heterocycles. The van der Waals surface area contributed by atoms with Crippen LogP contribution in [-0.4, -0.2) is 13.4 Å². The maximum Gasteiger partial charge on any atom is 0.0864 e. The molecule has 0 aromatic heterocycles. The van der Waals surface area contributed by atoms with Gasteiger partial charge < -0.3 is 5.32 Å². The topological polar surface area (TPSA) is 24.4 Å². The Balaban J connectivity index is 3.35. The molecule has 0 aliphatic rings. The molecule has 0 atom stereocenters. The Labute approximate surface area is 56.0 Å². The van der Waals surface area contributed by atoms with Crippen molar-refractivity contribution in [3.05, 3.63) is 18.0 Å². The molecule has 1 N–H and O–H groups in total. The molecule has 2 heteroatoms. The number of rotatable bonds is 3. The van der Waals surface area contributed by atoms with Crippen molar-refractivity contribution in [2.24, 2.45) is 4.99 Å². The van der Waals surface area contributed by atoms with E-state index in [0.717, 1.165) is 6.42 Å². The van der Waals surface area contributed by atoms with Gasteiger partial charge in [-0.3, -0.25) is 4.99 Å². The van der Waals surface area contributed by atoms with Crippen LogP contribution in [0.5, 0.6) is 0 Å². The first-order valence-electron chi connectivity index (χ1n) is 2.98. The van der Waals surface area contributed by atoms with Crippen molar-refractivity contribution in [2.75, 3.05) is 7.05 Å². The van der Waals surface area contributed by atoms with E-state index < -0.39 is 0 Å². The number of hydrogen-bond donors (Lipinski definition) is 1. The lowest BCUT2D eigenvalue weighted by Crippen LogP contribution is -1.97. The van der Waals surface area contributed by atoms with Crippen molar-refractivity contribution in [3.63, 3.8) is 0 Å². The number of aliphatic imine (C=N–C) groups is 1. The third kappa shape index (κ3) is 6.99. The second-order valence-electron chi connectivity index (χ2n) is 1.48. The molecule has 0 fully saturated rings. The highest BCUT2D eigenvalue weighted by Crippen LogP contribution is 1.71. The second-order valence-corrected chi connectivity index (χ2v) is 1.48. The Morgan fingerprint density at radius 1 is 1.67 bits per heavy atom. The number of hydrogen-bond acceptors (Lipinski definition) is 1. The highest BCUT2D eigenvalue weighted by Gasteiger charge is 1.59. The molecule has 50 valence electrons. The van der Waals surface area contributed by atoms with Crippen molar-refractivity contribution in [1.29, 1.82) is 0 Å². The Morgan fingerprint density at radius 2 is 2.44 bits per heavy atom. The molecule has 0 amide bonds. The minimum Gasteiger partial charge on any atom is -0.346 e. The summed E-state index contributed by atoms with van der Waals surface area (Å²) in [5, 5.41) is 2.81. The molecule has 2 nitrogen and oxygen atoms in total. The van der Waals surface area contributed by atoms with E-state index in [4.69, 9.17) is 0 Å². The molecule has 0 radical (unpaired) electrons. The van der Waals surface area contributed by atoms with Gasteiger partial charge in [0, 0.05) is 13.2 Å². The van der Waals surface area contributed by atoms with Gasteiger partial charge in [-0.25, -0.2) is 0 Å². The average molecular weight is 124 g/mol. The number of allylic oxidation sites excluding steroid dienone is 1. The second kappa shape index (κ2) is 6.99. The minimum absolute atomic E-state index is 1.02. The van der Waals surface area contributed by atoms with Crippen molar-refractivity contribution in [3.8, 4) is 0 Å². The van der Waals surface area contributed by atoms with Crippen LogP contribution in [0.2, 0.25) is 0 Å². The van der Waals surface area contributed by atoms with Crippen LogP contribution in [-0.2, 0) is 0 Å². The fraction of sp³-hybridized carbons (Fsp3) is 0.429. The molecule has 0 aliphatic heterocycles. The first kappa shape index (κ1) is 7.99. The molecule has 0 heterocycles. The van der Waals surface area contributed by atoms with Crippen LogP contribution in [0.25, 0.3) is 0 Å². The average Bonchev–Trinajstić information content (AvgIpc) is 1.89. The zero-order chi connectivity index (χ0) is 6.95. The van der Waals surface area contributed by atoms with Gasteiger partial charge in [-0.1, -0.05) is 6.92 Å². The molecule has 0 spiro atoms. The Morgan fingerprint density at radius 3 is 3.00 bits per heavy atom. The van der Waals surface area contributed by atoms with Crippen molar-refractivity contribution < 1.29 is 0 Å². The van der Waals surface area contributed by atoms with Gasteiger partial charge in [0.2, 0.25) is 0 Å². The van der Waals surface area contributed by atoms with E-state index in [1.54, 1.807) is 19.6 Å². The summed E-state index contributed by atoms with van der Waals surface area (Å²) in [7, 11) is 1.71. The first-order chi connectivity index (χ1) is 4.41. The molecular formula is C7H12N2. The van der Waals surface area contributed by atoms with Crippen LogP contribution in [0.3, 0.4) is 0 Å². The molecule has 0 unspecified atom stereocenters. The van der Waals surface area contributed by atoms with Crippen LogP contribution in [0.15, 0.2) is 23.0 Å². The van der Waals surface area contributed by atoms with Crippen LogP contribution in [0.4, 0.5) is 0 Å². The maximum atomic E-state index is 3.71. The minimum atomic E-state index is 1.02. The van der Waals surface area contributed by atoms with E-state index in [-0.39, 0.29) is 0 Å². The lowest BCUT2D eigenvalue weighted by atomic mass is 10.5. The third-order valence-electron chi connectivity index (χ3n) is 0.692. The van der Waals surface area contributed by atoms with E-state index in [2.05, 4.69) is 23.0 Å². The summed E-state index contributed by atoms with van der Waals surface area (Å²) in [5.41, 5.74) is 2.92. The molecule has 0 aromatic carbocycles. The molecule has 0 saturated carbocycles. The van der Waals surface area contributed by atoms with Gasteiger partial charge in [0.1, 0.15) is 0 Å². The predicted octanol–water partition coefficient (Wildman–Crippen LogP) is 1.31. The summed E-state index contributed by atoms with van der Waals surface area (Å²) in [6.07, 6.45) is 6.28. The van der Waals surface area contributed by atoms with Crippen LogP contribution in [0.1, 0.15) is 13.3 Å². The Hall–Kier alpha value is -1.01. The van der Waals surface area contributed by atoms with Gasteiger partial charge in [0.25, 0.3) is 0 Å². The van der Waals surface area contributed by atoms with Gasteiger partial charge in [-0.05, 0) is 12.5 Å². The van der Waals surface area contributed by atoms with Gasteiger partial charge in [0.15, 0.2) is 0 Å². The molecule has 9 heavy (non-hydrogen) atoms. The molecule has 0 aromatic rings. The standard InChI is InChI=1S/C7H12N2/c1-3-4-5-6-9-7-8-2/h4,6-7H,3H2,1-2H3,(H,8,9). The van der Waals surface area contributed by atoms with E-state index in [1.807, 2.05) is 6.08 Å². The summed E-state index contributed by atoms with van der Waals surface area (Å²) in [4.78, 5) is 3.71. The summed E-state index contributed by atoms with van der Waals surface area (Å²) in [5.74, 6) is 0. The number of nitrogens with one attached hydrogen (secondary N) is 1. The Bertz CT molecular complexity index is 130. The van der Waals surface area contributed by atoms with E-state index >= 15 is 0 Å². The van der Waals surface area contributed by atoms with Crippen molar-refractivity contribution in [1.82, 2.24) is 5.32 Å². The SMILES string of the molecule is CCC=C=CNC=NC. The number of nitrogens with zero attached hydrogens (tertiary/aromatic N) is 1. The van der Waals surface area contributed by atoms with Gasteiger partial charge >= 0.3 is 0 Å². The summed E-state index contributed by atoms with van der Waals surface area (Å²) < 4.78 is 0. The van der Waals surface area contributed by atoms with Gasteiger partial charge in [-0.2, -0.15) is 0 Å². The smallest absolute Gasteiger partial charge is 0.0864 e. The fourth-order valence-corrected chi connectivity index (χ4v) is 0.337. The molecule has 0 bridgehead atoms. The van der Waals surface area contributed by atoms with Crippen LogP contribution in [0, 0.1) is 0 Å². The van der Waals surface area contributed by atoms with Crippen molar-refractivity contribution >= 4 is 6.34 Å². The zero-order valence-electron chi connectivity index (χ0n) is 5.89. The third-order valence-corrected chi connectivity index (χ3v) is 0.692. The Kier molecular flexibility index (Phi) is 6.21. The zero-order valence-corrected chi connectivity index (χ0v) is 5.89. The predicted molar refractivity (Wildman–Crippen MR) is 40.5 cm³/mol. The quantitative estimate of drug-likeness (QED) is 0.342. The monoisotopic (exact) mass is 124 g/mol. The summed E-state index contributed by atoms with van der Waals surface area (Å²) >= 11 is 0. The van der Waals surface area contributed by atoms with E-state index in [9.17, 15) is 0 Å². The van der Waals surface area contributed by atoms with Gasteiger partial charge in [0.05, 0.1) is 6.34 Å². The van der Waals surface area contributed by atoms with E-state index in [0.29, 0.717) is 0 Å². The lowest BCUT2D eigenvalue weighted by molar-refractivity contribution is 1.22. The van der Waals surface area contributed by atoms with E-state index in [1.165, 1.54) is 0 Å². The van der Waals surface area contributed by atoms with Crippen LogP contribution >= 0.6 is 0 Å². The largest absolute Gasteiger partial charge is 0.346 e. The maximum absolute atomic E-state index is 3.71. The lowest BCUT2D eigenvalue weighted by Gasteiger charge is -1.79. The molecule has 0 rings (SSSR count). The fourth-order valence-electron chi connectivity index (χ4n) is 0.337. The normalized spacial score (nSPS) is 8.67. The van der Waals surface area contributed by atoms with Gasteiger partial charge in [-0.15, -0.1) is 5.73 Å². The summed E-state index contributed by atoms with van der Waals surface area (Å²) in [6.45, 7) is 2.06. The highest BCUT2D eigenvalue weighted by molar-refractivity contribution is 5.55. The summed E-state index contributed by atoms with van der Waals surface area (Å²) in [6, 6.07) is 0. The highest BCUT2D eigenvalue weighted by atomic mass is 14.9. The van der Waals surface area contributed by atoms with Crippen molar-refractivity contribution in [2.45, 2.75) is 13.3 Å². The van der Waals surface area contributed by atoms with Crippen LogP contribution < -0.4 is 5.32 Å². The molecular weight excluding hydrogens is 112 g/mol. The molecule has 0 aliphatic carbocycles.